The van der Waals surface area contributed by atoms with Crippen LogP contribution in [0.2, 0.25) is 0 Å². The number of phenolic OH excluding ortho intramolecular Hbond substituents is 2. The van der Waals surface area contributed by atoms with E-state index in [9.17, 15) is 19.8 Å². The van der Waals surface area contributed by atoms with Crippen molar-refractivity contribution in [1.29, 1.82) is 0 Å². The molecule has 0 bridgehead atoms. The van der Waals surface area contributed by atoms with E-state index in [1.54, 1.807) is 54.9 Å². The van der Waals surface area contributed by atoms with Gasteiger partial charge < -0.3 is 26.5 Å². The van der Waals surface area contributed by atoms with E-state index in [0.717, 1.165) is 0 Å². The number of esters is 2. The summed E-state index contributed by atoms with van der Waals surface area (Å²) in [5.74, 6) is -0.766. The first-order valence-electron chi connectivity index (χ1n) is 9.92. The minimum absolute atomic E-state index is 0. The van der Waals surface area contributed by atoms with Gasteiger partial charge in [0, 0.05) is 46.3 Å². The molecule has 2 aromatic carbocycles. The van der Waals surface area contributed by atoms with E-state index >= 15 is 0 Å². The molecule has 8 nitrogen and oxygen atoms in total. The summed E-state index contributed by atoms with van der Waals surface area (Å²) in [4.78, 5) is 30.2. The van der Waals surface area contributed by atoms with Crippen LogP contribution in [0.4, 0.5) is 0 Å². The molecule has 0 saturated carbocycles. The van der Waals surface area contributed by atoms with Crippen molar-refractivity contribution in [3.63, 3.8) is 0 Å². The van der Waals surface area contributed by atoms with Crippen LogP contribution >= 0.6 is 0 Å². The molecule has 0 spiro atoms. The Hall–Kier alpha value is -3.27. The Labute approximate surface area is 202 Å². The third-order valence-corrected chi connectivity index (χ3v) is 4.84. The van der Waals surface area contributed by atoms with Crippen molar-refractivity contribution in [2.24, 2.45) is 21.8 Å². The zero-order chi connectivity index (χ0) is 22.1. The zero-order valence-electron chi connectivity index (χ0n) is 17.7. The Bertz CT molecular complexity index is 942. The predicted molar refractivity (Wildman–Crippen MR) is 120 cm³/mol. The fraction of sp³-hybridized carbons (Fsp3) is 0.250. The van der Waals surface area contributed by atoms with E-state index in [1.165, 1.54) is 0 Å². The van der Waals surface area contributed by atoms with Gasteiger partial charge in [-0.15, -0.1) is 0 Å². The van der Waals surface area contributed by atoms with Crippen LogP contribution in [-0.4, -0.2) is 53.1 Å². The number of carbonyl (C=O) groups excluding carboxylic acids is 2. The van der Waals surface area contributed by atoms with E-state index in [1.807, 2.05) is 12.1 Å². The topological polar surface area (TPSA) is 140 Å². The normalized spacial score (nSPS) is 18.7. The van der Waals surface area contributed by atoms with Crippen LogP contribution in [-0.2, 0) is 31.1 Å². The summed E-state index contributed by atoms with van der Waals surface area (Å²) >= 11 is 0. The number of nitrogens with zero attached hydrogens (tertiary/aromatic N) is 2. The summed E-state index contributed by atoms with van der Waals surface area (Å²) < 4.78 is 4.47. The summed E-state index contributed by atoms with van der Waals surface area (Å²) in [6.07, 6.45) is 9.14. The molecule has 2 aliphatic rings. The quantitative estimate of drug-likeness (QED) is 0.215. The van der Waals surface area contributed by atoms with Crippen molar-refractivity contribution in [1.82, 2.24) is 0 Å². The van der Waals surface area contributed by atoms with Crippen LogP contribution in [0.5, 0.6) is 11.5 Å². The van der Waals surface area contributed by atoms with Crippen molar-refractivity contribution in [2.75, 3.05) is 13.1 Å². The molecule has 1 fully saturated rings. The minimum Gasteiger partial charge on any atom is -0.507 e. The Morgan fingerprint density at radius 3 is 1.85 bits per heavy atom. The summed E-state index contributed by atoms with van der Waals surface area (Å²) in [5, 5.41) is 19.1. The molecule has 1 aliphatic carbocycles. The molecule has 4 N–H and O–H groups in total. The maximum atomic E-state index is 10.9. The third-order valence-electron chi connectivity index (χ3n) is 4.84. The number of allylic oxidation sites excluding steroid dienone is 2. The van der Waals surface area contributed by atoms with Crippen molar-refractivity contribution >= 4 is 24.4 Å². The van der Waals surface area contributed by atoms with Gasteiger partial charge in [0.15, 0.2) is 0 Å². The summed E-state index contributed by atoms with van der Waals surface area (Å²) in [6, 6.07) is 14.1. The van der Waals surface area contributed by atoms with Crippen LogP contribution in [0.1, 0.15) is 24.0 Å². The summed E-state index contributed by atoms with van der Waals surface area (Å²) in [5.41, 5.74) is 1.38. The van der Waals surface area contributed by atoms with Crippen LogP contribution < -0.4 is 0 Å². The first-order chi connectivity index (χ1) is 15.1. The zero-order valence-corrected chi connectivity index (χ0v) is 18.7. The molecular formula is C24H25CoN2O6-. The second kappa shape index (κ2) is 14.0. The SMILES string of the molecule is O.O=C1OC(=O)[C@@H]2C[C-]=CC[C@H]12.Oc1ccccc1C=NCCN=Cc1ccccc1O.[Co]. The molecule has 2 atom stereocenters. The van der Waals surface area contributed by atoms with Gasteiger partial charge in [-0.2, -0.15) is 6.42 Å². The number of fused-ring (bicyclic) bond motifs is 1. The largest absolute Gasteiger partial charge is 0.507 e. The molecule has 33 heavy (non-hydrogen) atoms. The second-order valence-electron chi connectivity index (χ2n) is 6.99. The van der Waals surface area contributed by atoms with Crippen molar-refractivity contribution in [2.45, 2.75) is 12.8 Å². The molecule has 177 valence electrons. The number of aliphatic imine (C=N–C) groups is 2. The van der Waals surface area contributed by atoms with E-state index < -0.39 is 0 Å². The van der Waals surface area contributed by atoms with Crippen molar-refractivity contribution in [3.05, 3.63) is 71.8 Å². The first-order valence-corrected chi connectivity index (χ1v) is 9.92. The number of phenols is 2. The number of para-hydroxylation sites is 2. The van der Waals surface area contributed by atoms with Gasteiger partial charge in [0.2, 0.25) is 0 Å². The average Bonchev–Trinajstić information content (AvgIpc) is 3.07. The van der Waals surface area contributed by atoms with E-state index in [-0.39, 0.29) is 57.5 Å². The second-order valence-corrected chi connectivity index (χ2v) is 6.99. The number of benzene rings is 2. The van der Waals surface area contributed by atoms with Crippen LogP contribution in [0.25, 0.3) is 0 Å². The summed E-state index contributed by atoms with van der Waals surface area (Å²) in [7, 11) is 0. The maximum Gasteiger partial charge on any atom is 0.317 e. The molecular weight excluding hydrogens is 471 g/mol. The van der Waals surface area contributed by atoms with Gasteiger partial charge in [-0.3, -0.25) is 25.6 Å². The predicted octanol–water partition coefficient (Wildman–Crippen LogP) is 2.26. The number of aromatic hydroxyl groups is 2. The number of hydrogen-bond donors (Lipinski definition) is 2. The number of cyclic esters (lactones) is 2. The fourth-order valence-electron chi connectivity index (χ4n) is 3.12. The van der Waals surface area contributed by atoms with E-state index in [0.29, 0.717) is 37.1 Å². The number of hydrogen-bond acceptors (Lipinski definition) is 7. The molecule has 4 rings (SSSR count). The summed E-state index contributed by atoms with van der Waals surface area (Å²) in [6.45, 7) is 1.05. The molecule has 0 unspecified atom stereocenters. The number of rotatable bonds is 5. The fourth-order valence-corrected chi connectivity index (χ4v) is 3.12. The van der Waals surface area contributed by atoms with Crippen molar-refractivity contribution in [3.8, 4) is 11.5 Å². The van der Waals surface area contributed by atoms with Crippen LogP contribution in [0.3, 0.4) is 0 Å². The Morgan fingerprint density at radius 2 is 1.36 bits per heavy atom. The molecule has 1 radical (unpaired) electrons. The third kappa shape index (κ3) is 7.97. The molecule has 1 saturated heterocycles. The van der Waals surface area contributed by atoms with Gasteiger partial charge in [-0.25, -0.2) is 0 Å². The number of ether oxygens (including phenoxy) is 1. The number of carbonyl (C=O) groups is 2. The average molecular weight is 496 g/mol. The molecule has 2 aromatic rings. The Kier molecular flexibility index (Phi) is 11.8. The van der Waals surface area contributed by atoms with Gasteiger partial charge in [-0.1, -0.05) is 30.7 Å². The van der Waals surface area contributed by atoms with Crippen LogP contribution in [0, 0.1) is 17.9 Å². The molecule has 1 heterocycles. The smallest absolute Gasteiger partial charge is 0.317 e. The molecule has 0 amide bonds. The molecule has 9 heteroatoms. The van der Waals surface area contributed by atoms with E-state index in [4.69, 9.17) is 0 Å². The van der Waals surface area contributed by atoms with Gasteiger partial charge in [0.1, 0.15) is 11.5 Å². The Balaban J connectivity index is 0.000000357. The minimum atomic E-state index is -0.374. The van der Waals surface area contributed by atoms with Gasteiger partial charge >= 0.3 is 11.9 Å². The van der Waals surface area contributed by atoms with Gasteiger partial charge in [-0.05, 0) is 24.3 Å². The monoisotopic (exact) mass is 496 g/mol. The van der Waals surface area contributed by atoms with Gasteiger partial charge in [0.05, 0.1) is 19.0 Å². The van der Waals surface area contributed by atoms with Gasteiger partial charge in [0.25, 0.3) is 0 Å². The molecule has 1 aliphatic heterocycles. The van der Waals surface area contributed by atoms with Crippen LogP contribution in [0.15, 0.2) is 64.6 Å². The Morgan fingerprint density at radius 1 is 0.879 bits per heavy atom. The molecule has 0 aromatic heterocycles. The maximum absolute atomic E-state index is 10.9. The standard InChI is InChI=1S/C16H16N2O2.C8H7O3.Co.H2O/c19-15-7-3-1-5-13(15)11-17-9-10-18-12-14-6-2-4-8-16(14)20;9-7-5-3-1-2-4-6(5)8(10)11-7;;/h1-8,11-12,19-20H,9-10H2;1,5-6H,3-4H2;;1H2/q;-1;;/t;5-,6+;;/m.0../s1. The van der Waals surface area contributed by atoms with E-state index in [2.05, 4.69) is 20.8 Å². The van der Waals surface area contributed by atoms with Crippen molar-refractivity contribution < 1.29 is 46.8 Å². The first kappa shape index (κ1) is 27.8.